The van der Waals surface area contributed by atoms with Gasteiger partial charge in [0.2, 0.25) is 10.0 Å². The summed E-state index contributed by atoms with van der Waals surface area (Å²) >= 11 is 3.35. The Labute approximate surface area is 130 Å². The van der Waals surface area contributed by atoms with Crippen LogP contribution in [0.5, 0.6) is 0 Å². The standard InChI is InChI=1S/C15H22BrNO2S/c1-2-12-17(14-6-4-3-5-7-14)20(18,19)15-10-8-13(16)9-11-15/h8-11,14H,2-7,12H2,1H3. The van der Waals surface area contributed by atoms with Gasteiger partial charge in [-0.15, -0.1) is 0 Å². The highest BCUT2D eigenvalue weighted by atomic mass is 79.9. The molecule has 112 valence electrons. The van der Waals surface area contributed by atoms with Crippen LogP contribution >= 0.6 is 15.9 Å². The zero-order valence-electron chi connectivity index (χ0n) is 11.9. The first-order chi connectivity index (χ1) is 9.55. The minimum Gasteiger partial charge on any atom is -0.207 e. The largest absolute Gasteiger partial charge is 0.243 e. The van der Waals surface area contributed by atoms with Gasteiger partial charge in [-0.1, -0.05) is 42.1 Å². The van der Waals surface area contributed by atoms with Gasteiger partial charge in [-0.05, 0) is 43.5 Å². The molecular weight excluding hydrogens is 338 g/mol. The quantitative estimate of drug-likeness (QED) is 0.790. The fourth-order valence-electron chi connectivity index (χ4n) is 2.83. The smallest absolute Gasteiger partial charge is 0.207 e. The van der Waals surface area contributed by atoms with E-state index in [-0.39, 0.29) is 6.04 Å². The van der Waals surface area contributed by atoms with Crippen LogP contribution < -0.4 is 0 Å². The van der Waals surface area contributed by atoms with E-state index in [1.807, 2.05) is 6.92 Å². The summed E-state index contributed by atoms with van der Waals surface area (Å²) in [7, 11) is -3.37. The van der Waals surface area contributed by atoms with Crippen LogP contribution in [-0.4, -0.2) is 25.3 Å². The van der Waals surface area contributed by atoms with E-state index in [2.05, 4.69) is 15.9 Å². The molecule has 2 rings (SSSR count). The van der Waals surface area contributed by atoms with Crippen LogP contribution in [0, 0.1) is 0 Å². The first-order valence-corrected chi connectivity index (χ1v) is 9.56. The van der Waals surface area contributed by atoms with Gasteiger partial charge in [-0.2, -0.15) is 4.31 Å². The summed E-state index contributed by atoms with van der Waals surface area (Å²) in [5.41, 5.74) is 0. The Kier molecular flexibility index (Phi) is 5.64. The topological polar surface area (TPSA) is 37.4 Å². The molecule has 0 bridgehead atoms. The van der Waals surface area contributed by atoms with Crippen LogP contribution in [-0.2, 0) is 10.0 Å². The van der Waals surface area contributed by atoms with Crippen molar-refractivity contribution in [3.8, 4) is 0 Å². The fraction of sp³-hybridized carbons (Fsp3) is 0.600. The highest BCUT2D eigenvalue weighted by Gasteiger charge is 2.31. The molecule has 1 aromatic rings. The predicted octanol–water partition coefficient (Wildman–Crippen LogP) is 4.18. The molecule has 5 heteroatoms. The SMILES string of the molecule is CCCN(C1CCCCC1)S(=O)(=O)c1ccc(Br)cc1. The second-order valence-corrected chi connectivity index (χ2v) is 8.17. The van der Waals surface area contributed by atoms with Crippen LogP contribution in [0.3, 0.4) is 0 Å². The summed E-state index contributed by atoms with van der Waals surface area (Å²) in [5, 5.41) is 0. The van der Waals surface area contributed by atoms with Crippen LogP contribution in [0.1, 0.15) is 45.4 Å². The average molecular weight is 360 g/mol. The Morgan fingerprint density at radius 2 is 1.75 bits per heavy atom. The number of nitrogens with zero attached hydrogens (tertiary/aromatic N) is 1. The molecule has 1 saturated carbocycles. The molecule has 0 spiro atoms. The average Bonchev–Trinajstić information content (AvgIpc) is 2.46. The fourth-order valence-corrected chi connectivity index (χ4v) is 4.87. The third-order valence-electron chi connectivity index (χ3n) is 3.85. The minimum absolute atomic E-state index is 0.178. The monoisotopic (exact) mass is 359 g/mol. The van der Waals surface area contributed by atoms with Crippen LogP contribution in [0.25, 0.3) is 0 Å². The highest BCUT2D eigenvalue weighted by Crippen LogP contribution is 2.28. The lowest BCUT2D eigenvalue weighted by atomic mass is 9.95. The molecule has 0 N–H and O–H groups in total. The maximum atomic E-state index is 12.8. The molecule has 0 unspecified atom stereocenters. The van der Waals surface area contributed by atoms with Crippen molar-refractivity contribution in [1.82, 2.24) is 4.31 Å². The van der Waals surface area contributed by atoms with Crippen molar-refractivity contribution in [2.45, 2.75) is 56.4 Å². The summed E-state index contributed by atoms with van der Waals surface area (Å²) in [6.45, 7) is 2.65. The molecule has 1 aliphatic carbocycles. The lowest BCUT2D eigenvalue weighted by Gasteiger charge is -2.33. The Morgan fingerprint density at radius 3 is 2.30 bits per heavy atom. The summed E-state index contributed by atoms with van der Waals surface area (Å²) in [5.74, 6) is 0. The van der Waals surface area contributed by atoms with Crippen molar-refractivity contribution >= 4 is 26.0 Å². The van der Waals surface area contributed by atoms with E-state index in [1.54, 1.807) is 28.6 Å². The van der Waals surface area contributed by atoms with Crippen LogP contribution in [0.4, 0.5) is 0 Å². The molecule has 0 heterocycles. The number of rotatable bonds is 5. The van der Waals surface area contributed by atoms with Gasteiger partial charge in [-0.3, -0.25) is 0 Å². The third-order valence-corrected chi connectivity index (χ3v) is 6.34. The summed E-state index contributed by atoms with van der Waals surface area (Å²) < 4.78 is 28.3. The molecule has 0 amide bonds. The molecule has 1 aromatic carbocycles. The van der Waals surface area contributed by atoms with Gasteiger partial charge in [0.25, 0.3) is 0 Å². The molecular formula is C15H22BrNO2S. The predicted molar refractivity (Wildman–Crippen MR) is 85.2 cm³/mol. The van der Waals surface area contributed by atoms with E-state index in [4.69, 9.17) is 0 Å². The van der Waals surface area contributed by atoms with Crippen molar-refractivity contribution < 1.29 is 8.42 Å². The van der Waals surface area contributed by atoms with Gasteiger partial charge in [0, 0.05) is 17.1 Å². The highest BCUT2D eigenvalue weighted by molar-refractivity contribution is 9.10. The molecule has 1 fully saturated rings. The molecule has 0 aliphatic heterocycles. The van der Waals surface area contributed by atoms with Gasteiger partial charge in [-0.25, -0.2) is 8.42 Å². The molecule has 0 radical (unpaired) electrons. The van der Waals surface area contributed by atoms with E-state index in [1.165, 1.54) is 6.42 Å². The normalized spacial score (nSPS) is 17.6. The second kappa shape index (κ2) is 7.05. The number of hydrogen-bond donors (Lipinski definition) is 0. The van der Waals surface area contributed by atoms with Crippen molar-refractivity contribution in [2.24, 2.45) is 0 Å². The number of hydrogen-bond acceptors (Lipinski definition) is 2. The zero-order chi connectivity index (χ0) is 14.6. The Morgan fingerprint density at radius 1 is 1.15 bits per heavy atom. The first-order valence-electron chi connectivity index (χ1n) is 7.33. The van der Waals surface area contributed by atoms with E-state index in [9.17, 15) is 8.42 Å². The molecule has 0 aromatic heterocycles. The molecule has 0 saturated heterocycles. The Hall–Kier alpha value is -0.390. The number of sulfonamides is 1. The van der Waals surface area contributed by atoms with Crippen molar-refractivity contribution in [1.29, 1.82) is 0 Å². The third kappa shape index (κ3) is 3.62. The summed E-state index contributed by atoms with van der Waals surface area (Å²) in [4.78, 5) is 0.403. The lowest BCUT2D eigenvalue weighted by Crippen LogP contribution is -2.41. The van der Waals surface area contributed by atoms with E-state index in [0.717, 1.165) is 36.6 Å². The Bertz CT molecular complexity index is 521. The van der Waals surface area contributed by atoms with E-state index in [0.29, 0.717) is 11.4 Å². The van der Waals surface area contributed by atoms with Crippen molar-refractivity contribution in [3.63, 3.8) is 0 Å². The van der Waals surface area contributed by atoms with Crippen LogP contribution in [0.15, 0.2) is 33.6 Å². The summed E-state index contributed by atoms with van der Waals surface area (Å²) in [6.07, 6.45) is 6.36. The molecule has 20 heavy (non-hydrogen) atoms. The maximum Gasteiger partial charge on any atom is 0.243 e. The van der Waals surface area contributed by atoms with Gasteiger partial charge in [0.1, 0.15) is 0 Å². The van der Waals surface area contributed by atoms with Gasteiger partial charge >= 0.3 is 0 Å². The van der Waals surface area contributed by atoms with E-state index >= 15 is 0 Å². The molecule has 1 aliphatic rings. The zero-order valence-corrected chi connectivity index (χ0v) is 14.3. The second-order valence-electron chi connectivity index (χ2n) is 5.36. The molecule has 3 nitrogen and oxygen atoms in total. The van der Waals surface area contributed by atoms with Crippen molar-refractivity contribution in [3.05, 3.63) is 28.7 Å². The Balaban J connectivity index is 2.28. The summed E-state index contributed by atoms with van der Waals surface area (Å²) in [6, 6.07) is 7.13. The lowest BCUT2D eigenvalue weighted by molar-refractivity contribution is 0.253. The number of benzene rings is 1. The van der Waals surface area contributed by atoms with Crippen molar-refractivity contribution in [2.75, 3.05) is 6.54 Å². The molecule has 0 atom stereocenters. The minimum atomic E-state index is -3.37. The van der Waals surface area contributed by atoms with Crippen LogP contribution in [0.2, 0.25) is 0 Å². The van der Waals surface area contributed by atoms with Gasteiger partial charge in [0.05, 0.1) is 4.90 Å². The first kappa shape index (κ1) is 16.0. The van der Waals surface area contributed by atoms with E-state index < -0.39 is 10.0 Å². The number of halogens is 1. The van der Waals surface area contributed by atoms with Gasteiger partial charge in [0.15, 0.2) is 0 Å². The maximum absolute atomic E-state index is 12.8. The van der Waals surface area contributed by atoms with Gasteiger partial charge < -0.3 is 0 Å².